The summed E-state index contributed by atoms with van der Waals surface area (Å²) < 4.78 is 45.3. The summed E-state index contributed by atoms with van der Waals surface area (Å²) >= 11 is 0. The monoisotopic (exact) mass is 395 g/mol. The Kier molecular flexibility index (Phi) is 7.43. The van der Waals surface area contributed by atoms with Crippen molar-refractivity contribution in [2.45, 2.75) is 26.5 Å². The molecule has 0 spiro atoms. The van der Waals surface area contributed by atoms with Gasteiger partial charge in [-0.2, -0.15) is 8.78 Å². The molecule has 0 aliphatic carbocycles. The van der Waals surface area contributed by atoms with E-state index in [0.717, 1.165) is 5.56 Å². The minimum Gasteiger partial charge on any atom is -0.497 e. The molecule has 0 heterocycles. The highest BCUT2D eigenvalue weighted by atomic mass is 19.3. The Hall–Kier alpha value is -3.03. The fraction of sp³-hybridized carbons (Fsp3) is 0.350. The van der Waals surface area contributed by atoms with Crippen LogP contribution in [0.25, 0.3) is 0 Å². The van der Waals surface area contributed by atoms with Crippen molar-refractivity contribution in [2.24, 2.45) is 0 Å². The first-order valence-corrected chi connectivity index (χ1v) is 8.64. The lowest BCUT2D eigenvalue weighted by Crippen LogP contribution is -2.27. The number of ether oxygens (including phenoxy) is 4. The van der Waals surface area contributed by atoms with Crippen LogP contribution in [0.3, 0.4) is 0 Å². The molecule has 6 nitrogen and oxygen atoms in total. The van der Waals surface area contributed by atoms with Crippen molar-refractivity contribution in [3.05, 3.63) is 47.5 Å². The second-order valence-electron chi connectivity index (χ2n) is 5.78. The van der Waals surface area contributed by atoms with Crippen molar-refractivity contribution >= 4 is 5.91 Å². The normalized spacial score (nSPS) is 11.7. The third-order valence-electron chi connectivity index (χ3n) is 3.97. The van der Waals surface area contributed by atoms with Gasteiger partial charge in [0.15, 0.2) is 11.5 Å². The number of nitrogens with one attached hydrogen (secondary N) is 1. The fourth-order valence-corrected chi connectivity index (χ4v) is 2.65. The molecule has 28 heavy (non-hydrogen) atoms. The van der Waals surface area contributed by atoms with Crippen LogP contribution in [-0.2, 0) is 0 Å². The fourth-order valence-electron chi connectivity index (χ4n) is 2.65. The van der Waals surface area contributed by atoms with Gasteiger partial charge in [0.2, 0.25) is 0 Å². The van der Waals surface area contributed by atoms with Gasteiger partial charge >= 0.3 is 6.61 Å². The number of halogens is 2. The van der Waals surface area contributed by atoms with Gasteiger partial charge in [0.1, 0.15) is 11.5 Å². The topological polar surface area (TPSA) is 66.0 Å². The van der Waals surface area contributed by atoms with E-state index in [1.54, 1.807) is 39.2 Å². The summed E-state index contributed by atoms with van der Waals surface area (Å²) in [6.45, 7) is 0.754. The van der Waals surface area contributed by atoms with E-state index in [9.17, 15) is 13.6 Å². The van der Waals surface area contributed by atoms with E-state index >= 15 is 0 Å². The van der Waals surface area contributed by atoms with Crippen molar-refractivity contribution in [1.82, 2.24) is 5.32 Å². The van der Waals surface area contributed by atoms with E-state index in [1.165, 1.54) is 25.3 Å². The van der Waals surface area contributed by atoms with Crippen LogP contribution in [0.15, 0.2) is 36.4 Å². The maximum atomic E-state index is 12.6. The van der Waals surface area contributed by atoms with Crippen molar-refractivity contribution < 1.29 is 32.5 Å². The van der Waals surface area contributed by atoms with Crippen LogP contribution in [0.2, 0.25) is 0 Å². The maximum absolute atomic E-state index is 12.6. The molecule has 0 saturated carbocycles. The molecule has 0 unspecified atom stereocenters. The second-order valence-corrected chi connectivity index (χ2v) is 5.78. The molecule has 1 amide bonds. The van der Waals surface area contributed by atoms with Gasteiger partial charge in [-0.1, -0.05) is 0 Å². The number of methoxy groups -OCH3 is 2. The van der Waals surface area contributed by atoms with Gasteiger partial charge in [0.25, 0.3) is 5.91 Å². The number of rotatable bonds is 9. The minimum atomic E-state index is -2.99. The quantitative estimate of drug-likeness (QED) is 0.690. The van der Waals surface area contributed by atoms with E-state index < -0.39 is 18.6 Å². The molecule has 2 rings (SSSR count). The van der Waals surface area contributed by atoms with Crippen molar-refractivity contribution in [2.75, 3.05) is 20.8 Å². The number of benzene rings is 2. The largest absolute Gasteiger partial charge is 0.497 e. The van der Waals surface area contributed by atoms with Gasteiger partial charge in [-0.25, -0.2) is 0 Å². The third-order valence-corrected chi connectivity index (χ3v) is 3.97. The highest BCUT2D eigenvalue weighted by Gasteiger charge is 2.18. The summed E-state index contributed by atoms with van der Waals surface area (Å²) in [6, 6.07) is 8.92. The van der Waals surface area contributed by atoms with Crippen molar-refractivity contribution in [3.63, 3.8) is 0 Å². The molecule has 2 aromatic rings. The zero-order valence-electron chi connectivity index (χ0n) is 16.1. The SMILES string of the molecule is CCOc1cc(C(=O)N[C@@H](C)c2cc(OC)ccc2OC)ccc1OC(F)F. The molecule has 0 radical (unpaired) electrons. The van der Waals surface area contributed by atoms with E-state index in [-0.39, 0.29) is 23.7 Å². The Balaban J connectivity index is 2.23. The average molecular weight is 395 g/mol. The Morgan fingerprint density at radius 2 is 1.75 bits per heavy atom. The molecule has 152 valence electrons. The smallest absolute Gasteiger partial charge is 0.387 e. The first kappa shape index (κ1) is 21.3. The number of carbonyl (C=O) groups excluding carboxylic acids is 1. The molecule has 1 N–H and O–H groups in total. The Bertz CT molecular complexity index is 813. The Labute approximate surface area is 162 Å². The van der Waals surface area contributed by atoms with Gasteiger partial charge in [-0.3, -0.25) is 4.79 Å². The van der Waals surface area contributed by atoms with Crippen LogP contribution < -0.4 is 24.3 Å². The molecule has 0 fully saturated rings. The zero-order chi connectivity index (χ0) is 20.7. The molecule has 0 bridgehead atoms. The molecule has 0 aliphatic heterocycles. The van der Waals surface area contributed by atoms with E-state index in [0.29, 0.717) is 11.5 Å². The highest BCUT2D eigenvalue weighted by molar-refractivity contribution is 5.95. The molecule has 0 aliphatic rings. The van der Waals surface area contributed by atoms with Crippen LogP contribution in [0.1, 0.15) is 35.8 Å². The standard InChI is InChI=1S/C20H23F2NO5/c1-5-27-18-10-13(6-8-17(18)28-20(21)22)19(24)23-12(2)15-11-14(25-3)7-9-16(15)26-4/h6-12,20H,5H2,1-4H3,(H,23,24)/t12-/m0/s1. The van der Waals surface area contributed by atoms with Crippen LogP contribution in [0.5, 0.6) is 23.0 Å². The summed E-state index contributed by atoms with van der Waals surface area (Å²) in [5.41, 5.74) is 0.983. The van der Waals surface area contributed by atoms with Crippen molar-refractivity contribution in [3.8, 4) is 23.0 Å². The number of amides is 1. The number of hydrogen-bond donors (Lipinski definition) is 1. The third kappa shape index (κ3) is 5.25. The summed E-state index contributed by atoms with van der Waals surface area (Å²) in [5, 5.41) is 2.85. The second kappa shape index (κ2) is 9.77. The van der Waals surface area contributed by atoms with E-state index in [1.807, 2.05) is 0 Å². The van der Waals surface area contributed by atoms with Crippen molar-refractivity contribution in [1.29, 1.82) is 0 Å². The van der Waals surface area contributed by atoms with Gasteiger partial charge in [0, 0.05) is 11.1 Å². The molecule has 8 heteroatoms. The zero-order valence-corrected chi connectivity index (χ0v) is 16.1. The lowest BCUT2D eigenvalue weighted by Gasteiger charge is -2.19. The van der Waals surface area contributed by atoms with Crippen LogP contribution in [0.4, 0.5) is 8.78 Å². The molecular weight excluding hydrogens is 372 g/mol. The molecule has 0 saturated heterocycles. The number of hydrogen-bond acceptors (Lipinski definition) is 5. The van der Waals surface area contributed by atoms with E-state index in [4.69, 9.17) is 14.2 Å². The summed E-state index contributed by atoms with van der Waals surface area (Å²) in [5.74, 6) is 0.771. The first-order chi connectivity index (χ1) is 13.4. The summed E-state index contributed by atoms with van der Waals surface area (Å²) in [4.78, 5) is 12.6. The predicted molar refractivity (Wildman–Crippen MR) is 99.7 cm³/mol. The van der Waals surface area contributed by atoms with Crippen LogP contribution in [-0.4, -0.2) is 33.3 Å². The minimum absolute atomic E-state index is 0.0714. The molecular formula is C20H23F2NO5. The van der Waals surface area contributed by atoms with Crippen LogP contribution >= 0.6 is 0 Å². The molecule has 1 atom stereocenters. The molecule has 0 aromatic heterocycles. The summed E-state index contributed by atoms with van der Waals surface area (Å²) in [6.07, 6.45) is 0. The average Bonchev–Trinajstić information content (AvgIpc) is 2.68. The lowest BCUT2D eigenvalue weighted by atomic mass is 10.1. The van der Waals surface area contributed by atoms with Gasteiger partial charge in [-0.15, -0.1) is 0 Å². The Morgan fingerprint density at radius 1 is 1.04 bits per heavy atom. The highest BCUT2D eigenvalue weighted by Crippen LogP contribution is 2.31. The Morgan fingerprint density at radius 3 is 2.36 bits per heavy atom. The predicted octanol–water partition coefficient (Wildman–Crippen LogP) is 4.19. The number of alkyl halides is 2. The summed E-state index contributed by atoms with van der Waals surface area (Å²) in [7, 11) is 3.09. The number of carbonyl (C=O) groups is 1. The first-order valence-electron chi connectivity index (χ1n) is 8.64. The molecule has 2 aromatic carbocycles. The lowest BCUT2D eigenvalue weighted by molar-refractivity contribution is -0.0514. The van der Waals surface area contributed by atoms with Gasteiger partial charge in [-0.05, 0) is 50.2 Å². The van der Waals surface area contributed by atoms with Gasteiger partial charge < -0.3 is 24.3 Å². The van der Waals surface area contributed by atoms with Gasteiger partial charge in [0.05, 0.1) is 26.9 Å². The van der Waals surface area contributed by atoms with E-state index in [2.05, 4.69) is 10.1 Å². The maximum Gasteiger partial charge on any atom is 0.387 e. The van der Waals surface area contributed by atoms with Crippen LogP contribution in [0, 0.1) is 0 Å².